The molecule has 0 aromatic carbocycles. The van der Waals surface area contributed by atoms with Crippen LogP contribution in [-0.2, 0) is 17.8 Å². The van der Waals surface area contributed by atoms with Crippen molar-refractivity contribution >= 4 is 33.0 Å². The maximum atomic E-state index is 12.8. The SMILES string of the molecule is CCc1nn(CC(=O)NC2CCCNC2)c(=O)c2cc3sccc3n12. The molecule has 0 spiro atoms. The van der Waals surface area contributed by atoms with E-state index >= 15 is 0 Å². The summed E-state index contributed by atoms with van der Waals surface area (Å²) in [6, 6.07) is 4.02. The second kappa shape index (κ2) is 6.61. The number of aryl methyl sites for hydroxylation is 1. The molecule has 1 amide bonds. The molecule has 1 aliphatic heterocycles. The van der Waals surface area contributed by atoms with Crippen molar-refractivity contribution in [2.45, 2.75) is 38.8 Å². The first-order valence-corrected chi connectivity index (χ1v) is 9.54. The van der Waals surface area contributed by atoms with E-state index in [1.807, 2.05) is 28.8 Å². The van der Waals surface area contributed by atoms with Crippen LogP contribution < -0.4 is 16.2 Å². The molecule has 3 aromatic rings. The first-order valence-electron chi connectivity index (χ1n) is 8.66. The maximum Gasteiger partial charge on any atom is 0.291 e. The van der Waals surface area contributed by atoms with Crippen LogP contribution >= 0.6 is 11.3 Å². The van der Waals surface area contributed by atoms with Crippen molar-refractivity contribution in [3.05, 3.63) is 33.7 Å². The third-order valence-corrected chi connectivity index (χ3v) is 5.50. The number of carbonyl (C=O) groups is 1. The van der Waals surface area contributed by atoms with Gasteiger partial charge in [0.1, 0.15) is 17.9 Å². The predicted molar refractivity (Wildman–Crippen MR) is 98.2 cm³/mol. The highest BCUT2D eigenvalue weighted by Gasteiger charge is 2.18. The number of fused-ring (bicyclic) bond motifs is 3. The highest BCUT2D eigenvalue weighted by molar-refractivity contribution is 7.17. The molecule has 1 unspecified atom stereocenters. The number of carbonyl (C=O) groups excluding carboxylic acids is 1. The second-order valence-corrected chi connectivity index (χ2v) is 7.33. The van der Waals surface area contributed by atoms with Crippen molar-refractivity contribution in [3.8, 4) is 0 Å². The Balaban J connectivity index is 1.66. The van der Waals surface area contributed by atoms with Crippen molar-refractivity contribution < 1.29 is 4.79 Å². The van der Waals surface area contributed by atoms with E-state index in [1.54, 1.807) is 11.3 Å². The van der Waals surface area contributed by atoms with Crippen LogP contribution in [0.25, 0.3) is 15.7 Å². The van der Waals surface area contributed by atoms with Crippen molar-refractivity contribution in [1.29, 1.82) is 0 Å². The molecule has 2 N–H and O–H groups in total. The van der Waals surface area contributed by atoms with E-state index < -0.39 is 0 Å². The van der Waals surface area contributed by atoms with Gasteiger partial charge in [-0.15, -0.1) is 11.3 Å². The van der Waals surface area contributed by atoms with E-state index in [2.05, 4.69) is 15.7 Å². The van der Waals surface area contributed by atoms with Gasteiger partial charge in [-0.2, -0.15) is 5.10 Å². The number of aromatic nitrogens is 3. The number of nitrogens with zero attached hydrogens (tertiary/aromatic N) is 3. The van der Waals surface area contributed by atoms with Crippen LogP contribution in [-0.4, -0.2) is 39.2 Å². The van der Waals surface area contributed by atoms with Crippen molar-refractivity contribution in [1.82, 2.24) is 24.8 Å². The molecule has 1 fully saturated rings. The molecule has 0 bridgehead atoms. The highest BCUT2D eigenvalue weighted by Crippen LogP contribution is 2.24. The van der Waals surface area contributed by atoms with Crippen molar-refractivity contribution in [2.24, 2.45) is 0 Å². The Bertz CT molecular complexity index is 980. The van der Waals surface area contributed by atoms with Crippen LogP contribution in [0.4, 0.5) is 0 Å². The monoisotopic (exact) mass is 359 g/mol. The number of thiophene rings is 1. The molecule has 0 saturated carbocycles. The average molecular weight is 359 g/mol. The Labute approximate surface area is 148 Å². The molecule has 25 heavy (non-hydrogen) atoms. The van der Waals surface area contributed by atoms with Gasteiger partial charge in [-0.3, -0.25) is 14.0 Å². The van der Waals surface area contributed by atoms with Gasteiger partial charge in [-0.1, -0.05) is 6.92 Å². The van der Waals surface area contributed by atoms with Gasteiger partial charge in [-0.25, -0.2) is 4.68 Å². The van der Waals surface area contributed by atoms with Gasteiger partial charge in [0.05, 0.1) is 10.2 Å². The fourth-order valence-corrected chi connectivity index (χ4v) is 4.25. The Kier molecular flexibility index (Phi) is 4.30. The number of hydrogen-bond donors (Lipinski definition) is 2. The zero-order chi connectivity index (χ0) is 17.4. The third-order valence-electron chi connectivity index (χ3n) is 4.64. The van der Waals surface area contributed by atoms with E-state index in [4.69, 9.17) is 0 Å². The lowest BCUT2D eigenvalue weighted by molar-refractivity contribution is -0.122. The summed E-state index contributed by atoms with van der Waals surface area (Å²) in [5.74, 6) is 0.623. The Morgan fingerprint density at radius 1 is 1.48 bits per heavy atom. The van der Waals surface area contributed by atoms with E-state index in [0.29, 0.717) is 11.9 Å². The van der Waals surface area contributed by atoms with Crippen LogP contribution in [0, 0.1) is 0 Å². The van der Waals surface area contributed by atoms with Crippen LogP contribution in [0.3, 0.4) is 0 Å². The lowest BCUT2D eigenvalue weighted by atomic mass is 10.1. The quantitative estimate of drug-likeness (QED) is 0.732. The zero-order valence-corrected chi connectivity index (χ0v) is 14.9. The fourth-order valence-electron chi connectivity index (χ4n) is 3.44. The summed E-state index contributed by atoms with van der Waals surface area (Å²) in [6.45, 7) is 3.73. The molecule has 0 radical (unpaired) electrons. The predicted octanol–water partition coefficient (Wildman–Crippen LogP) is 1.14. The number of piperidine rings is 1. The summed E-state index contributed by atoms with van der Waals surface area (Å²) in [5, 5.41) is 12.7. The molecule has 4 heterocycles. The summed E-state index contributed by atoms with van der Waals surface area (Å²) in [5.41, 5.74) is 1.37. The fraction of sp³-hybridized carbons (Fsp3) is 0.471. The molecular formula is C17H21N5O2S. The summed E-state index contributed by atoms with van der Waals surface area (Å²) in [4.78, 5) is 25.1. The normalized spacial score (nSPS) is 18.0. The molecule has 1 saturated heterocycles. The molecule has 4 rings (SSSR count). The molecular weight excluding hydrogens is 338 g/mol. The second-order valence-electron chi connectivity index (χ2n) is 6.38. The number of nitrogens with one attached hydrogen (secondary N) is 2. The zero-order valence-electron chi connectivity index (χ0n) is 14.1. The minimum Gasteiger partial charge on any atom is -0.350 e. The minimum atomic E-state index is -0.225. The van der Waals surface area contributed by atoms with E-state index in [1.165, 1.54) is 4.68 Å². The Hall–Kier alpha value is -2.19. The Morgan fingerprint density at radius 3 is 3.12 bits per heavy atom. The first kappa shape index (κ1) is 16.3. The number of hydrogen-bond acceptors (Lipinski definition) is 5. The van der Waals surface area contributed by atoms with Crippen LogP contribution in [0.15, 0.2) is 22.3 Å². The van der Waals surface area contributed by atoms with Crippen LogP contribution in [0.5, 0.6) is 0 Å². The average Bonchev–Trinajstić information content (AvgIpc) is 3.20. The molecule has 0 aliphatic carbocycles. The van der Waals surface area contributed by atoms with Gasteiger partial charge in [0.25, 0.3) is 5.56 Å². The summed E-state index contributed by atoms with van der Waals surface area (Å²) >= 11 is 1.60. The van der Waals surface area contributed by atoms with Gasteiger partial charge in [0, 0.05) is 19.0 Å². The minimum absolute atomic E-state index is 0.0440. The van der Waals surface area contributed by atoms with E-state index in [0.717, 1.165) is 42.0 Å². The molecule has 132 valence electrons. The number of rotatable bonds is 4. The van der Waals surface area contributed by atoms with E-state index in [9.17, 15) is 9.59 Å². The van der Waals surface area contributed by atoms with E-state index in [-0.39, 0.29) is 24.1 Å². The van der Waals surface area contributed by atoms with Gasteiger partial charge < -0.3 is 10.6 Å². The standard InChI is InChI=1S/C17H21N5O2S/c1-2-15-20-21(10-16(23)19-11-4-3-6-18-9-11)17(24)13-8-14-12(22(13)15)5-7-25-14/h5,7-8,11,18H,2-4,6,9-10H2,1H3,(H,19,23). The molecule has 3 aromatic heterocycles. The summed E-state index contributed by atoms with van der Waals surface area (Å²) < 4.78 is 4.26. The van der Waals surface area contributed by atoms with Crippen LogP contribution in [0.2, 0.25) is 0 Å². The topological polar surface area (TPSA) is 80.4 Å². The Morgan fingerprint density at radius 2 is 2.36 bits per heavy atom. The van der Waals surface area contributed by atoms with Gasteiger partial charge in [-0.05, 0) is 36.9 Å². The molecule has 1 atom stereocenters. The summed E-state index contributed by atoms with van der Waals surface area (Å²) in [7, 11) is 0. The highest BCUT2D eigenvalue weighted by atomic mass is 32.1. The maximum absolute atomic E-state index is 12.8. The van der Waals surface area contributed by atoms with Crippen LogP contribution in [0.1, 0.15) is 25.6 Å². The third kappa shape index (κ3) is 2.96. The molecule has 1 aliphatic rings. The lowest BCUT2D eigenvalue weighted by Crippen LogP contribution is -2.47. The number of amides is 1. The largest absolute Gasteiger partial charge is 0.350 e. The smallest absolute Gasteiger partial charge is 0.291 e. The first-order chi connectivity index (χ1) is 12.2. The van der Waals surface area contributed by atoms with Gasteiger partial charge in [0.15, 0.2) is 0 Å². The summed E-state index contributed by atoms with van der Waals surface area (Å²) in [6.07, 6.45) is 2.70. The molecule has 8 heteroatoms. The molecule has 7 nitrogen and oxygen atoms in total. The van der Waals surface area contributed by atoms with Crippen molar-refractivity contribution in [3.63, 3.8) is 0 Å². The van der Waals surface area contributed by atoms with Gasteiger partial charge >= 0.3 is 0 Å². The lowest BCUT2D eigenvalue weighted by Gasteiger charge is -2.23. The van der Waals surface area contributed by atoms with Gasteiger partial charge in [0.2, 0.25) is 5.91 Å². The van der Waals surface area contributed by atoms with Crippen molar-refractivity contribution in [2.75, 3.05) is 13.1 Å².